The van der Waals surface area contributed by atoms with Crippen molar-refractivity contribution >= 4 is 5.78 Å². The summed E-state index contributed by atoms with van der Waals surface area (Å²) in [6, 6.07) is 0. The van der Waals surface area contributed by atoms with E-state index in [1.165, 1.54) is 17.6 Å². The first-order chi connectivity index (χ1) is 11.8. The predicted octanol–water partition coefficient (Wildman–Crippen LogP) is 3.65. The summed E-state index contributed by atoms with van der Waals surface area (Å²) < 4.78 is 0. The second-order valence-corrected chi connectivity index (χ2v) is 9.56. The van der Waals surface area contributed by atoms with E-state index < -0.39 is 0 Å². The maximum absolute atomic E-state index is 12.0. The molecule has 0 saturated heterocycles. The van der Waals surface area contributed by atoms with Crippen LogP contribution in [0.25, 0.3) is 0 Å². The molecule has 4 aliphatic rings. The molecule has 0 bridgehead atoms. The van der Waals surface area contributed by atoms with Crippen LogP contribution in [-0.4, -0.2) is 28.7 Å². The molecule has 0 aromatic heterocycles. The van der Waals surface area contributed by atoms with Gasteiger partial charge in [0, 0.05) is 6.42 Å². The molecule has 25 heavy (non-hydrogen) atoms. The maximum Gasteiger partial charge on any atom is 0.155 e. The Hall–Kier alpha value is -0.930. The number of hydrogen-bond acceptors (Lipinski definition) is 3. The number of ketones is 1. The van der Waals surface area contributed by atoms with Crippen LogP contribution in [-0.2, 0) is 4.79 Å². The van der Waals surface area contributed by atoms with Crippen molar-refractivity contribution in [2.75, 3.05) is 6.61 Å². The Balaban J connectivity index is 1.76. The maximum atomic E-state index is 12.0. The Kier molecular flexibility index (Phi) is 4.05. The summed E-state index contributed by atoms with van der Waals surface area (Å²) >= 11 is 0. The van der Waals surface area contributed by atoms with Crippen molar-refractivity contribution in [1.82, 2.24) is 0 Å². The molecule has 0 spiro atoms. The lowest BCUT2D eigenvalue weighted by atomic mass is 9.45. The van der Waals surface area contributed by atoms with E-state index in [4.69, 9.17) is 0 Å². The quantitative estimate of drug-likeness (QED) is 0.714. The second-order valence-electron chi connectivity index (χ2n) is 9.56. The van der Waals surface area contributed by atoms with Crippen LogP contribution in [0, 0.1) is 34.5 Å². The van der Waals surface area contributed by atoms with Crippen molar-refractivity contribution in [2.24, 2.45) is 34.5 Å². The first-order valence-electron chi connectivity index (χ1n) is 10.0. The minimum atomic E-state index is -0.319. The lowest BCUT2D eigenvalue weighted by molar-refractivity contribution is -0.128. The van der Waals surface area contributed by atoms with Crippen LogP contribution in [0.1, 0.15) is 59.3 Å². The van der Waals surface area contributed by atoms with Crippen LogP contribution < -0.4 is 0 Å². The normalized spacial score (nSPS) is 50.9. The lowest BCUT2D eigenvalue weighted by Crippen LogP contribution is -2.57. The highest BCUT2D eigenvalue weighted by atomic mass is 16.3. The van der Waals surface area contributed by atoms with Gasteiger partial charge in [-0.15, -0.1) is 0 Å². The third kappa shape index (κ3) is 2.35. The Morgan fingerprint density at radius 3 is 2.76 bits per heavy atom. The average Bonchev–Trinajstić information content (AvgIpc) is 2.86. The summed E-state index contributed by atoms with van der Waals surface area (Å²) in [7, 11) is 0. The molecule has 1 unspecified atom stereocenters. The summed E-state index contributed by atoms with van der Waals surface area (Å²) in [6.07, 6.45) is 9.23. The summed E-state index contributed by atoms with van der Waals surface area (Å²) in [4.78, 5) is 12.0. The SMILES string of the molecule is CC1C[C@@H]2[C@H]([C@@H](O)C[C@]3(C)C(=CCO)CC[C@@H]23)[C@@]2(C)CCC(=O)C=C12. The van der Waals surface area contributed by atoms with E-state index in [9.17, 15) is 15.0 Å². The Morgan fingerprint density at radius 2 is 2.04 bits per heavy atom. The van der Waals surface area contributed by atoms with Crippen LogP contribution in [0.15, 0.2) is 23.3 Å². The zero-order valence-corrected chi connectivity index (χ0v) is 15.8. The molecule has 3 saturated carbocycles. The minimum absolute atomic E-state index is 0.0273. The lowest BCUT2D eigenvalue weighted by Gasteiger charge is -2.60. The van der Waals surface area contributed by atoms with Crippen LogP contribution in [0.5, 0.6) is 0 Å². The van der Waals surface area contributed by atoms with Gasteiger partial charge >= 0.3 is 0 Å². The average molecular weight is 344 g/mol. The van der Waals surface area contributed by atoms with Gasteiger partial charge in [0.25, 0.3) is 0 Å². The number of aliphatic hydroxyl groups is 2. The van der Waals surface area contributed by atoms with Gasteiger partial charge in [0.05, 0.1) is 12.7 Å². The highest BCUT2D eigenvalue weighted by Gasteiger charge is 2.61. The largest absolute Gasteiger partial charge is 0.393 e. The highest BCUT2D eigenvalue weighted by Crippen LogP contribution is 2.67. The number of carbonyl (C=O) groups is 1. The number of rotatable bonds is 1. The van der Waals surface area contributed by atoms with Crippen molar-refractivity contribution in [3.63, 3.8) is 0 Å². The number of aliphatic hydroxyl groups excluding tert-OH is 2. The van der Waals surface area contributed by atoms with Gasteiger partial charge in [-0.05, 0) is 72.7 Å². The van der Waals surface area contributed by atoms with Crippen LogP contribution in [0.4, 0.5) is 0 Å². The van der Waals surface area contributed by atoms with Gasteiger partial charge in [0.2, 0.25) is 0 Å². The number of allylic oxidation sites excluding steroid dienone is 2. The van der Waals surface area contributed by atoms with Crippen LogP contribution in [0.3, 0.4) is 0 Å². The van der Waals surface area contributed by atoms with Gasteiger partial charge in [0.1, 0.15) is 0 Å². The van der Waals surface area contributed by atoms with Crippen LogP contribution >= 0.6 is 0 Å². The monoisotopic (exact) mass is 344 g/mol. The fourth-order valence-electron chi connectivity index (χ4n) is 7.41. The molecule has 7 atom stereocenters. The van der Waals surface area contributed by atoms with Crippen molar-refractivity contribution < 1.29 is 15.0 Å². The van der Waals surface area contributed by atoms with Gasteiger partial charge in [-0.25, -0.2) is 0 Å². The minimum Gasteiger partial charge on any atom is -0.393 e. The number of hydrogen-bond donors (Lipinski definition) is 2. The number of fused-ring (bicyclic) bond motifs is 5. The second kappa shape index (κ2) is 5.79. The highest BCUT2D eigenvalue weighted by molar-refractivity contribution is 5.91. The Bertz CT molecular complexity index is 648. The first kappa shape index (κ1) is 17.5. The number of carbonyl (C=O) groups excluding carboxylic acids is 1. The van der Waals surface area contributed by atoms with Gasteiger partial charge in [-0.2, -0.15) is 0 Å². The van der Waals surface area contributed by atoms with Crippen LogP contribution in [0.2, 0.25) is 0 Å². The molecule has 4 aliphatic carbocycles. The van der Waals surface area contributed by atoms with Crippen molar-refractivity contribution in [2.45, 2.75) is 65.4 Å². The van der Waals surface area contributed by atoms with Crippen molar-refractivity contribution in [1.29, 1.82) is 0 Å². The van der Waals surface area contributed by atoms with E-state index in [1.54, 1.807) is 0 Å². The molecule has 3 heteroatoms. The molecular weight excluding hydrogens is 312 g/mol. The fraction of sp³-hybridized carbons (Fsp3) is 0.773. The molecule has 0 aliphatic heterocycles. The standard InChI is InChI=1S/C22H32O3/c1-13-10-16-17-5-4-14(7-9-23)22(17,3)12-19(25)20(16)21(2)8-6-15(24)11-18(13)21/h7,11,13,16-17,19-20,23,25H,4-6,8-10,12H2,1-3H3/t13?,16-,17-,19-,20+,21-,22+/m0/s1. The molecule has 138 valence electrons. The van der Waals surface area contributed by atoms with Gasteiger partial charge in [0.15, 0.2) is 5.78 Å². The molecule has 3 fully saturated rings. The topological polar surface area (TPSA) is 57.5 Å². The van der Waals surface area contributed by atoms with E-state index in [0.717, 1.165) is 25.7 Å². The summed E-state index contributed by atoms with van der Waals surface area (Å²) in [5.74, 6) is 2.08. The zero-order chi connectivity index (χ0) is 18.0. The molecule has 0 heterocycles. The van der Waals surface area contributed by atoms with E-state index in [1.807, 2.05) is 12.2 Å². The van der Waals surface area contributed by atoms with E-state index in [0.29, 0.717) is 24.2 Å². The molecule has 0 amide bonds. The molecular formula is C22H32O3. The molecule has 0 aromatic rings. The predicted molar refractivity (Wildman–Crippen MR) is 97.8 cm³/mol. The molecule has 2 N–H and O–H groups in total. The Morgan fingerprint density at radius 1 is 1.28 bits per heavy atom. The molecule has 3 nitrogen and oxygen atoms in total. The molecule has 0 radical (unpaired) electrons. The molecule has 0 aromatic carbocycles. The summed E-state index contributed by atoms with van der Waals surface area (Å²) in [6.45, 7) is 7.00. The van der Waals surface area contributed by atoms with E-state index in [2.05, 4.69) is 20.8 Å². The van der Waals surface area contributed by atoms with Gasteiger partial charge in [-0.1, -0.05) is 38.0 Å². The van der Waals surface area contributed by atoms with Gasteiger partial charge < -0.3 is 10.2 Å². The fourth-order valence-corrected chi connectivity index (χ4v) is 7.41. The van der Waals surface area contributed by atoms with Crippen molar-refractivity contribution in [3.05, 3.63) is 23.3 Å². The van der Waals surface area contributed by atoms with Crippen molar-refractivity contribution in [3.8, 4) is 0 Å². The third-order valence-corrected chi connectivity index (χ3v) is 8.40. The zero-order valence-electron chi connectivity index (χ0n) is 15.8. The smallest absolute Gasteiger partial charge is 0.155 e. The third-order valence-electron chi connectivity index (χ3n) is 8.40. The van der Waals surface area contributed by atoms with E-state index in [-0.39, 0.29) is 35.2 Å². The summed E-state index contributed by atoms with van der Waals surface area (Å²) in [5, 5.41) is 20.7. The van der Waals surface area contributed by atoms with E-state index >= 15 is 0 Å². The first-order valence-corrected chi connectivity index (χ1v) is 10.0. The Labute approximate surface area is 151 Å². The summed E-state index contributed by atoms with van der Waals surface area (Å²) in [5.41, 5.74) is 2.66. The van der Waals surface area contributed by atoms with Gasteiger partial charge in [-0.3, -0.25) is 4.79 Å². The molecule has 4 rings (SSSR count).